The molecule has 0 saturated heterocycles. The van der Waals surface area contributed by atoms with Crippen LogP contribution in [0.3, 0.4) is 0 Å². The molecule has 0 aliphatic carbocycles. The molecule has 0 spiro atoms. The van der Waals surface area contributed by atoms with Gasteiger partial charge >= 0.3 is 0 Å². The van der Waals surface area contributed by atoms with Crippen LogP contribution in [0.4, 0.5) is 0 Å². The highest BCUT2D eigenvalue weighted by Crippen LogP contribution is 2.22. The summed E-state index contributed by atoms with van der Waals surface area (Å²) in [5, 5.41) is 5.03. The van der Waals surface area contributed by atoms with Crippen molar-refractivity contribution >= 4 is 10.9 Å². The number of para-hydroxylation sites is 1. The van der Waals surface area contributed by atoms with Crippen molar-refractivity contribution in [2.75, 3.05) is 6.54 Å². The molecule has 144 valence electrons. The van der Waals surface area contributed by atoms with Gasteiger partial charge in [-0.25, -0.2) is 0 Å². The lowest BCUT2D eigenvalue weighted by Crippen LogP contribution is -2.14. The Morgan fingerprint density at radius 3 is 2.41 bits per heavy atom. The first-order valence-corrected chi connectivity index (χ1v) is 10.6. The van der Waals surface area contributed by atoms with Gasteiger partial charge < -0.3 is 9.88 Å². The van der Waals surface area contributed by atoms with Gasteiger partial charge in [0.25, 0.3) is 0 Å². The van der Waals surface area contributed by atoms with Crippen LogP contribution in [0.2, 0.25) is 0 Å². The summed E-state index contributed by atoms with van der Waals surface area (Å²) >= 11 is 0. The van der Waals surface area contributed by atoms with E-state index in [2.05, 4.69) is 78.5 Å². The molecule has 0 fully saturated rings. The average Bonchev–Trinajstić information content (AvgIpc) is 3.03. The van der Waals surface area contributed by atoms with Gasteiger partial charge in [0, 0.05) is 30.2 Å². The number of nitrogens with zero attached hydrogens (tertiary/aromatic N) is 1. The molecule has 2 nitrogen and oxygen atoms in total. The third-order valence-electron chi connectivity index (χ3n) is 5.37. The first-order valence-electron chi connectivity index (χ1n) is 10.6. The Kier molecular flexibility index (Phi) is 7.53. The lowest BCUT2D eigenvalue weighted by molar-refractivity contribution is 0.572. The number of nitrogens with one attached hydrogen (secondary N) is 1. The van der Waals surface area contributed by atoms with Gasteiger partial charge in [0.15, 0.2) is 0 Å². The van der Waals surface area contributed by atoms with Gasteiger partial charge in [0.05, 0.1) is 0 Å². The number of unbranched alkanes of at least 4 members (excludes halogenated alkanes) is 5. The summed E-state index contributed by atoms with van der Waals surface area (Å²) in [4.78, 5) is 0. The highest BCUT2D eigenvalue weighted by molar-refractivity contribution is 5.84. The van der Waals surface area contributed by atoms with Crippen LogP contribution in [0.5, 0.6) is 0 Å². The number of benzene rings is 2. The molecule has 0 radical (unpaired) electrons. The molecule has 2 aromatic carbocycles. The van der Waals surface area contributed by atoms with Crippen LogP contribution >= 0.6 is 0 Å². The zero-order valence-corrected chi connectivity index (χ0v) is 17.0. The molecular weight excluding hydrogens is 328 g/mol. The maximum atomic E-state index is 3.66. The van der Waals surface area contributed by atoms with Crippen molar-refractivity contribution in [3.63, 3.8) is 0 Å². The van der Waals surface area contributed by atoms with E-state index < -0.39 is 0 Å². The third kappa shape index (κ3) is 5.71. The fraction of sp³-hybridized carbons (Fsp3) is 0.440. The summed E-state index contributed by atoms with van der Waals surface area (Å²) in [7, 11) is 0. The zero-order valence-electron chi connectivity index (χ0n) is 17.0. The predicted octanol–water partition coefficient (Wildman–Crippen LogP) is 6.45. The highest BCUT2D eigenvalue weighted by Gasteiger charge is 2.08. The Morgan fingerprint density at radius 1 is 0.852 bits per heavy atom. The molecule has 0 amide bonds. The van der Waals surface area contributed by atoms with Gasteiger partial charge in [-0.15, -0.1) is 0 Å². The van der Waals surface area contributed by atoms with Crippen molar-refractivity contribution in [2.45, 2.75) is 65.5 Å². The maximum Gasteiger partial charge on any atom is 0.0486 e. The minimum atomic E-state index is 0.929. The normalized spacial score (nSPS) is 11.3. The Balaban J connectivity index is 1.58. The Labute approximate surface area is 164 Å². The minimum Gasteiger partial charge on any atom is -0.343 e. The molecule has 0 aliphatic heterocycles. The quantitative estimate of drug-likeness (QED) is 0.388. The van der Waals surface area contributed by atoms with E-state index in [9.17, 15) is 0 Å². The van der Waals surface area contributed by atoms with Gasteiger partial charge in [-0.05, 0) is 37.1 Å². The zero-order chi connectivity index (χ0) is 18.9. The largest absolute Gasteiger partial charge is 0.343 e. The van der Waals surface area contributed by atoms with Crippen LogP contribution in [0.25, 0.3) is 10.9 Å². The average molecular weight is 363 g/mol. The third-order valence-corrected chi connectivity index (χ3v) is 5.37. The number of rotatable bonds is 11. The Bertz CT molecular complexity index is 814. The Hall–Kier alpha value is -2.06. The maximum absolute atomic E-state index is 3.66. The van der Waals surface area contributed by atoms with Crippen LogP contribution in [0, 0.1) is 6.92 Å². The first-order chi connectivity index (χ1) is 13.3. The second-order valence-corrected chi connectivity index (χ2v) is 7.73. The monoisotopic (exact) mass is 362 g/mol. The fourth-order valence-corrected chi connectivity index (χ4v) is 3.74. The van der Waals surface area contributed by atoms with Crippen LogP contribution in [0.1, 0.15) is 62.1 Å². The Morgan fingerprint density at radius 2 is 1.59 bits per heavy atom. The molecule has 1 heterocycles. The molecule has 0 aliphatic rings. The van der Waals surface area contributed by atoms with Crippen molar-refractivity contribution < 1.29 is 0 Å². The van der Waals surface area contributed by atoms with Crippen molar-refractivity contribution in [1.29, 1.82) is 0 Å². The molecular formula is C25H34N2. The van der Waals surface area contributed by atoms with Crippen molar-refractivity contribution in [3.05, 3.63) is 71.4 Å². The molecule has 2 heteroatoms. The standard InChI is InChI=1S/C25H34N2/c1-3-4-5-6-7-10-17-26-18-23-20-27(25-12-9-8-11-24(23)25)19-22-15-13-21(2)14-16-22/h8-9,11-16,20,26H,3-7,10,17-19H2,1-2H3. The molecule has 0 atom stereocenters. The van der Waals surface area contributed by atoms with Crippen LogP contribution in [-0.4, -0.2) is 11.1 Å². The molecule has 27 heavy (non-hydrogen) atoms. The molecule has 1 N–H and O–H groups in total. The molecule has 3 rings (SSSR count). The lowest BCUT2D eigenvalue weighted by Gasteiger charge is -2.06. The van der Waals surface area contributed by atoms with Crippen molar-refractivity contribution in [3.8, 4) is 0 Å². The van der Waals surface area contributed by atoms with E-state index >= 15 is 0 Å². The van der Waals surface area contributed by atoms with Crippen molar-refractivity contribution in [2.24, 2.45) is 0 Å². The van der Waals surface area contributed by atoms with Gasteiger partial charge in [-0.3, -0.25) is 0 Å². The molecule has 0 saturated carbocycles. The number of hydrogen-bond acceptors (Lipinski definition) is 1. The van der Waals surface area contributed by atoms with Gasteiger partial charge in [-0.1, -0.05) is 87.1 Å². The molecule has 3 aromatic rings. The van der Waals surface area contributed by atoms with Crippen LogP contribution in [0.15, 0.2) is 54.7 Å². The second-order valence-electron chi connectivity index (χ2n) is 7.73. The summed E-state index contributed by atoms with van der Waals surface area (Å²) in [5.74, 6) is 0. The number of aryl methyl sites for hydroxylation is 1. The fourth-order valence-electron chi connectivity index (χ4n) is 3.74. The van der Waals surface area contributed by atoms with E-state index in [-0.39, 0.29) is 0 Å². The van der Waals surface area contributed by atoms with Crippen molar-refractivity contribution in [1.82, 2.24) is 9.88 Å². The highest BCUT2D eigenvalue weighted by atomic mass is 15.0. The summed E-state index contributed by atoms with van der Waals surface area (Å²) in [6.45, 7) is 7.41. The second kappa shape index (κ2) is 10.3. The minimum absolute atomic E-state index is 0.929. The number of fused-ring (bicyclic) bond motifs is 1. The predicted molar refractivity (Wildman–Crippen MR) is 117 cm³/mol. The lowest BCUT2D eigenvalue weighted by atomic mass is 10.1. The van der Waals surface area contributed by atoms with E-state index in [1.807, 2.05) is 0 Å². The molecule has 0 unspecified atom stereocenters. The van der Waals surface area contributed by atoms with Gasteiger partial charge in [-0.2, -0.15) is 0 Å². The SMILES string of the molecule is CCCCCCCCNCc1cn(Cc2ccc(C)cc2)c2ccccc12. The summed E-state index contributed by atoms with van der Waals surface area (Å²) in [6.07, 6.45) is 10.4. The molecule has 0 bridgehead atoms. The first kappa shape index (κ1) is 19.7. The van der Waals surface area contributed by atoms with E-state index in [0.717, 1.165) is 19.6 Å². The topological polar surface area (TPSA) is 17.0 Å². The van der Waals surface area contributed by atoms with Crippen LogP contribution < -0.4 is 5.32 Å². The van der Waals surface area contributed by atoms with E-state index in [4.69, 9.17) is 0 Å². The summed E-state index contributed by atoms with van der Waals surface area (Å²) in [5.41, 5.74) is 5.40. The van der Waals surface area contributed by atoms with Gasteiger partial charge in [0.2, 0.25) is 0 Å². The molecule has 1 aromatic heterocycles. The van der Waals surface area contributed by atoms with E-state index in [1.54, 1.807) is 0 Å². The summed E-state index contributed by atoms with van der Waals surface area (Å²) < 4.78 is 2.39. The smallest absolute Gasteiger partial charge is 0.0486 e. The summed E-state index contributed by atoms with van der Waals surface area (Å²) in [6, 6.07) is 17.6. The van der Waals surface area contributed by atoms with Gasteiger partial charge in [0.1, 0.15) is 0 Å². The van der Waals surface area contributed by atoms with E-state index in [0.29, 0.717) is 0 Å². The van der Waals surface area contributed by atoms with Crippen LogP contribution in [-0.2, 0) is 13.1 Å². The van der Waals surface area contributed by atoms with E-state index in [1.165, 1.54) is 66.1 Å². The number of hydrogen-bond donors (Lipinski definition) is 1. The number of aromatic nitrogens is 1.